The van der Waals surface area contributed by atoms with E-state index in [-0.39, 0.29) is 42.6 Å². The van der Waals surface area contributed by atoms with Crippen LogP contribution in [-0.4, -0.2) is 82.0 Å². The average Bonchev–Trinajstić information content (AvgIpc) is 3.21. The van der Waals surface area contributed by atoms with Gasteiger partial charge in [-0.05, 0) is 37.7 Å². The van der Waals surface area contributed by atoms with E-state index in [9.17, 15) is 19.2 Å². The average molecular weight is 509 g/mol. The lowest BCUT2D eigenvalue weighted by atomic mass is 9.91. The molecule has 2 heterocycles. The van der Waals surface area contributed by atoms with Crippen molar-refractivity contribution >= 4 is 23.6 Å². The summed E-state index contributed by atoms with van der Waals surface area (Å²) in [6.07, 6.45) is 3.32. The lowest BCUT2D eigenvalue weighted by molar-refractivity contribution is -0.136. The monoisotopic (exact) mass is 508 g/mol. The third kappa shape index (κ3) is 6.75. The van der Waals surface area contributed by atoms with Crippen molar-refractivity contribution in [2.45, 2.75) is 51.5 Å². The molecule has 0 saturated heterocycles. The van der Waals surface area contributed by atoms with Gasteiger partial charge in [-0.3, -0.25) is 23.9 Å². The molecule has 4 amide bonds. The Hall–Kier alpha value is -3.69. The Morgan fingerprint density at radius 3 is 2.65 bits per heavy atom. The van der Waals surface area contributed by atoms with Gasteiger partial charge in [0.15, 0.2) is 5.69 Å². The predicted octanol–water partition coefficient (Wildman–Crippen LogP) is 0.837. The van der Waals surface area contributed by atoms with Gasteiger partial charge in [0.1, 0.15) is 0 Å². The first-order valence-corrected chi connectivity index (χ1v) is 13.0. The molecule has 2 aliphatic rings. The minimum absolute atomic E-state index is 0.0220. The van der Waals surface area contributed by atoms with Gasteiger partial charge in [0, 0.05) is 63.9 Å². The normalized spacial score (nSPS) is 19.7. The number of amides is 4. The molecule has 1 aliphatic heterocycles. The number of hydrogen-bond donors (Lipinski definition) is 2. The molecule has 4 rings (SSSR count). The van der Waals surface area contributed by atoms with Crippen molar-refractivity contribution < 1.29 is 19.2 Å². The lowest BCUT2D eigenvalue weighted by Crippen LogP contribution is -2.46. The van der Waals surface area contributed by atoms with Crippen molar-refractivity contribution in [3.8, 4) is 0 Å². The number of fused-ring (bicyclic) bond motifs is 1. The second-order valence-corrected chi connectivity index (χ2v) is 9.82. The Morgan fingerprint density at radius 1 is 1.11 bits per heavy atom. The highest BCUT2D eigenvalue weighted by molar-refractivity contribution is 5.94. The van der Waals surface area contributed by atoms with Crippen LogP contribution in [0.5, 0.6) is 0 Å². The third-order valence-electron chi connectivity index (χ3n) is 7.17. The Balaban J connectivity index is 1.53. The second kappa shape index (κ2) is 12.0. The Morgan fingerprint density at radius 2 is 1.89 bits per heavy atom. The Bertz CT molecular complexity index is 1150. The zero-order valence-corrected chi connectivity index (χ0v) is 21.7. The van der Waals surface area contributed by atoms with Crippen LogP contribution in [0.2, 0.25) is 0 Å². The Kier molecular flexibility index (Phi) is 8.58. The number of nitrogens with one attached hydrogen (secondary N) is 2. The zero-order valence-electron chi connectivity index (χ0n) is 21.7. The lowest BCUT2D eigenvalue weighted by Gasteiger charge is -2.27. The number of aromatic nitrogens is 2. The van der Waals surface area contributed by atoms with Crippen molar-refractivity contribution in [3.05, 3.63) is 52.8 Å². The van der Waals surface area contributed by atoms with Gasteiger partial charge in [-0.2, -0.15) is 5.10 Å². The van der Waals surface area contributed by atoms with Crippen LogP contribution < -0.4 is 10.6 Å². The van der Waals surface area contributed by atoms with Gasteiger partial charge >= 0.3 is 0 Å². The summed E-state index contributed by atoms with van der Waals surface area (Å²) in [6, 6.07) is 9.75. The molecule has 0 fully saturated rings. The van der Waals surface area contributed by atoms with E-state index in [0.29, 0.717) is 57.6 Å². The number of hydrogen-bond acceptors (Lipinski definition) is 5. The van der Waals surface area contributed by atoms with Crippen molar-refractivity contribution in [1.29, 1.82) is 0 Å². The van der Waals surface area contributed by atoms with Crippen molar-refractivity contribution in [2.75, 3.05) is 32.7 Å². The van der Waals surface area contributed by atoms with E-state index >= 15 is 0 Å². The number of nitrogens with zero attached hydrogens (tertiary/aromatic N) is 4. The van der Waals surface area contributed by atoms with Gasteiger partial charge in [0.05, 0.1) is 6.54 Å². The van der Waals surface area contributed by atoms with E-state index in [0.717, 1.165) is 23.2 Å². The summed E-state index contributed by atoms with van der Waals surface area (Å²) in [6.45, 7) is 2.94. The van der Waals surface area contributed by atoms with Gasteiger partial charge < -0.3 is 20.4 Å². The van der Waals surface area contributed by atoms with Crippen LogP contribution in [0.1, 0.15) is 53.5 Å². The van der Waals surface area contributed by atoms with Gasteiger partial charge in [0.2, 0.25) is 17.7 Å². The highest BCUT2D eigenvalue weighted by atomic mass is 16.2. The zero-order chi connectivity index (χ0) is 26.4. The van der Waals surface area contributed by atoms with E-state index in [1.165, 1.54) is 6.92 Å². The largest absolute Gasteiger partial charge is 0.351 e. The van der Waals surface area contributed by atoms with Crippen LogP contribution in [0.4, 0.5) is 0 Å². The summed E-state index contributed by atoms with van der Waals surface area (Å²) in [5.41, 5.74) is 3.32. The number of benzene rings is 1. The molecular weight excluding hydrogens is 472 g/mol. The highest BCUT2D eigenvalue weighted by Crippen LogP contribution is 2.24. The minimum Gasteiger partial charge on any atom is -0.351 e. The van der Waals surface area contributed by atoms with E-state index in [1.54, 1.807) is 14.5 Å². The summed E-state index contributed by atoms with van der Waals surface area (Å²) in [5.74, 6) is -0.705. The number of carbonyl (C=O) groups excluding carboxylic acids is 4. The third-order valence-corrected chi connectivity index (χ3v) is 7.17. The van der Waals surface area contributed by atoms with Crippen LogP contribution in [0.25, 0.3) is 0 Å². The smallest absolute Gasteiger partial charge is 0.272 e. The molecule has 1 atom stereocenters. The topological polar surface area (TPSA) is 117 Å². The molecule has 0 radical (unpaired) electrons. The maximum atomic E-state index is 13.1. The molecule has 198 valence electrons. The standard InChI is InChI=1S/C27H36N6O4/c1-19(34)32-14-6-9-25(36)33(15-12-20-7-4-3-5-8-20)18-24(35)29-21-10-11-23-22(17-21)26(30-31(23)2)27(37)28-13-16-32/h3-5,7-8,21H,6,9-18H2,1-2H3,(H,28,37)(H,29,35). The van der Waals surface area contributed by atoms with Crippen LogP contribution in [0, 0.1) is 0 Å². The molecule has 1 aromatic carbocycles. The van der Waals surface area contributed by atoms with Crippen LogP contribution in [0.3, 0.4) is 0 Å². The molecular formula is C27H36N6O4. The molecule has 2 aromatic rings. The fourth-order valence-electron chi connectivity index (χ4n) is 5.14. The first-order valence-electron chi connectivity index (χ1n) is 13.0. The van der Waals surface area contributed by atoms with Gasteiger partial charge in [-0.1, -0.05) is 30.3 Å². The van der Waals surface area contributed by atoms with Crippen molar-refractivity contribution in [1.82, 2.24) is 30.2 Å². The quantitative estimate of drug-likeness (QED) is 0.637. The molecule has 1 aromatic heterocycles. The highest BCUT2D eigenvalue weighted by Gasteiger charge is 2.30. The summed E-state index contributed by atoms with van der Waals surface area (Å²) in [5, 5.41) is 10.4. The molecule has 1 unspecified atom stereocenters. The molecule has 10 heteroatoms. The molecule has 10 nitrogen and oxygen atoms in total. The van der Waals surface area contributed by atoms with Crippen LogP contribution in [0.15, 0.2) is 30.3 Å². The first kappa shape index (κ1) is 26.4. The Labute approximate surface area is 217 Å². The van der Waals surface area contributed by atoms with Crippen molar-refractivity contribution in [2.24, 2.45) is 7.05 Å². The molecule has 2 bridgehead atoms. The number of aryl methyl sites for hydroxylation is 1. The van der Waals surface area contributed by atoms with Gasteiger partial charge in [-0.15, -0.1) is 0 Å². The predicted molar refractivity (Wildman–Crippen MR) is 138 cm³/mol. The molecule has 0 saturated carbocycles. The summed E-state index contributed by atoms with van der Waals surface area (Å²) < 4.78 is 1.74. The van der Waals surface area contributed by atoms with E-state index in [1.807, 2.05) is 37.4 Å². The number of carbonyl (C=O) groups is 4. The van der Waals surface area contributed by atoms with Crippen LogP contribution >= 0.6 is 0 Å². The van der Waals surface area contributed by atoms with E-state index in [4.69, 9.17) is 0 Å². The summed E-state index contributed by atoms with van der Waals surface area (Å²) >= 11 is 0. The fourth-order valence-corrected chi connectivity index (χ4v) is 5.14. The van der Waals surface area contributed by atoms with Crippen molar-refractivity contribution in [3.63, 3.8) is 0 Å². The van der Waals surface area contributed by atoms with E-state index in [2.05, 4.69) is 15.7 Å². The first-order chi connectivity index (χ1) is 17.8. The molecule has 2 N–H and O–H groups in total. The maximum absolute atomic E-state index is 13.1. The SMILES string of the molecule is CC(=O)N1CCCC(=O)N(CCc2ccccc2)CC(=O)NC2CCc3c(c(nn3C)C(=O)NCC1)C2. The summed E-state index contributed by atoms with van der Waals surface area (Å²) in [4.78, 5) is 54.5. The maximum Gasteiger partial charge on any atom is 0.272 e. The minimum atomic E-state index is -0.279. The molecule has 1 aliphatic carbocycles. The number of rotatable bonds is 3. The summed E-state index contributed by atoms with van der Waals surface area (Å²) in [7, 11) is 1.83. The molecule has 37 heavy (non-hydrogen) atoms. The van der Waals surface area contributed by atoms with Crippen LogP contribution in [-0.2, 0) is 40.7 Å². The second-order valence-electron chi connectivity index (χ2n) is 9.82. The van der Waals surface area contributed by atoms with E-state index < -0.39 is 0 Å². The molecule has 0 spiro atoms. The fraction of sp³-hybridized carbons (Fsp3) is 0.519. The van der Waals surface area contributed by atoms with Gasteiger partial charge in [0.25, 0.3) is 5.91 Å². The van der Waals surface area contributed by atoms with Gasteiger partial charge in [-0.25, -0.2) is 0 Å².